The van der Waals surface area contributed by atoms with E-state index in [4.69, 9.17) is 9.31 Å². The lowest BCUT2D eigenvalue weighted by molar-refractivity contribution is -0.129. The summed E-state index contributed by atoms with van der Waals surface area (Å²) < 4.78 is 12.1. The van der Waals surface area contributed by atoms with Crippen LogP contribution < -0.4 is 5.46 Å². The van der Waals surface area contributed by atoms with Crippen LogP contribution in [0.4, 0.5) is 0 Å². The monoisotopic (exact) mass is 315 g/mol. The third-order valence-corrected chi connectivity index (χ3v) is 5.32. The van der Waals surface area contributed by atoms with Gasteiger partial charge in [-0.25, -0.2) is 0 Å². The summed E-state index contributed by atoms with van der Waals surface area (Å²) in [5.41, 5.74) is 1.38. The molecule has 2 aliphatic rings. The first-order valence-electron chi connectivity index (χ1n) is 8.51. The minimum atomic E-state index is -0.344. The zero-order chi connectivity index (χ0) is 16.7. The molecule has 23 heavy (non-hydrogen) atoms. The highest BCUT2D eigenvalue weighted by atomic mass is 16.7. The van der Waals surface area contributed by atoms with E-state index in [0.29, 0.717) is 6.42 Å². The quantitative estimate of drug-likeness (QED) is 0.802. The molecule has 1 aromatic carbocycles. The van der Waals surface area contributed by atoms with Gasteiger partial charge in [-0.15, -0.1) is 0 Å². The van der Waals surface area contributed by atoms with Crippen molar-refractivity contribution in [3.8, 4) is 0 Å². The molecule has 2 heterocycles. The maximum Gasteiger partial charge on any atom is 0.494 e. The zero-order valence-corrected chi connectivity index (χ0v) is 14.6. The molecule has 0 bridgehead atoms. The van der Waals surface area contributed by atoms with Gasteiger partial charge in [0, 0.05) is 13.1 Å². The van der Waals surface area contributed by atoms with Gasteiger partial charge in [-0.2, -0.15) is 0 Å². The second-order valence-electron chi connectivity index (χ2n) is 7.59. The van der Waals surface area contributed by atoms with Gasteiger partial charge in [-0.1, -0.05) is 24.3 Å². The van der Waals surface area contributed by atoms with E-state index in [-0.39, 0.29) is 24.2 Å². The normalized spacial score (nSPS) is 22.6. The molecule has 124 valence electrons. The van der Waals surface area contributed by atoms with Crippen LogP contribution in [0.15, 0.2) is 24.3 Å². The number of carbonyl (C=O) groups is 1. The van der Waals surface area contributed by atoms with Crippen molar-refractivity contribution in [2.45, 2.75) is 58.2 Å². The van der Waals surface area contributed by atoms with Crippen molar-refractivity contribution < 1.29 is 14.1 Å². The van der Waals surface area contributed by atoms with Gasteiger partial charge in [0.25, 0.3) is 0 Å². The summed E-state index contributed by atoms with van der Waals surface area (Å²) in [6, 6.07) is 8.03. The van der Waals surface area contributed by atoms with Crippen molar-refractivity contribution in [1.29, 1.82) is 0 Å². The molecule has 1 amide bonds. The number of nitrogens with zero attached hydrogens (tertiary/aromatic N) is 1. The van der Waals surface area contributed by atoms with Crippen LogP contribution in [-0.4, -0.2) is 42.2 Å². The van der Waals surface area contributed by atoms with Crippen LogP contribution in [0.25, 0.3) is 0 Å². The fourth-order valence-corrected chi connectivity index (χ4v) is 3.02. The Hall–Kier alpha value is -1.33. The first kappa shape index (κ1) is 16.5. The van der Waals surface area contributed by atoms with Crippen molar-refractivity contribution in [3.05, 3.63) is 29.8 Å². The zero-order valence-electron chi connectivity index (χ0n) is 14.6. The molecule has 2 aliphatic heterocycles. The maximum absolute atomic E-state index is 12.2. The van der Waals surface area contributed by atoms with Crippen LogP contribution >= 0.6 is 0 Å². The number of amides is 1. The molecule has 2 saturated heterocycles. The van der Waals surface area contributed by atoms with E-state index < -0.39 is 0 Å². The fraction of sp³-hybridized carbons (Fsp3) is 0.611. The minimum Gasteiger partial charge on any atom is -0.399 e. The fourth-order valence-electron chi connectivity index (χ4n) is 3.02. The third-order valence-electron chi connectivity index (χ3n) is 5.32. The van der Waals surface area contributed by atoms with Crippen LogP contribution in [0, 0.1) is 0 Å². The lowest BCUT2D eigenvalue weighted by Crippen LogP contribution is -2.41. The standard InChI is InChI=1S/C18H26BNO3/c1-17(2)18(3,4)23-19(22-17)15-9-7-14(8-10-15)13-16(21)20-11-5-6-12-20/h7-10H,5-6,11-13H2,1-4H3. The molecule has 0 aromatic heterocycles. The highest BCUT2D eigenvalue weighted by Crippen LogP contribution is 2.36. The van der Waals surface area contributed by atoms with E-state index in [9.17, 15) is 4.79 Å². The summed E-state index contributed by atoms with van der Waals surface area (Å²) in [6.45, 7) is 10.0. The first-order valence-corrected chi connectivity index (χ1v) is 8.51. The number of rotatable bonds is 3. The molecule has 4 nitrogen and oxygen atoms in total. The van der Waals surface area contributed by atoms with Crippen molar-refractivity contribution in [2.24, 2.45) is 0 Å². The molecular formula is C18H26BNO3. The van der Waals surface area contributed by atoms with Crippen molar-refractivity contribution in [1.82, 2.24) is 4.90 Å². The number of carbonyl (C=O) groups excluding carboxylic acids is 1. The van der Waals surface area contributed by atoms with Gasteiger partial charge >= 0.3 is 7.12 Å². The Labute approximate surface area is 139 Å². The van der Waals surface area contributed by atoms with E-state index in [1.165, 1.54) is 0 Å². The molecule has 3 rings (SSSR count). The highest BCUT2D eigenvalue weighted by Gasteiger charge is 2.51. The molecule has 1 aromatic rings. The lowest BCUT2D eigenvalue weighted by atomic mass is 9.79. The summed E-state index contributed by atoms with van der Waals surface area (Å²) in [5.74, 6) is 0.228. The Bertz CT molecular complexity index is 560. The van der Waals surface area contributed by atoms with E-state index in [1.54, 1.807) is 0 Å². The predicted octanol–water partition coefficient (Wildman–Crippen LogP) is 2.15. The van der Waals surface area contributed by atoms with Crippen LogP contribution in [-0.2, 0) is 20.5 Å². The van der Waals surface area contributed by atoms with Crippen LogP contribution in [0.2, 0.25) is 0 Å². The Morgan fingerprint density at radius 3 is 2.09 bits per heavy atom. The molecular weight excluding hydrogens is 289 g/mol. The van der Waals surface area contributed by atoms with Gasteiger partial charge < -0.3 is 14.2 Å². The van der Waals surface area contributed by atoms with Gasteiger partial charge in [0.05, 0.1) is 17.6 Å². The first-order chi connectivity index (χ1) is 10.8. The predicted molar refractivity (Wildman–Crippen MR) is 91.7 cm³/mol. The largest absolute Gasteiger partial charge is 0.494 e. The number of hydrogen-bond acceptors (Lipinski definition) is 3. The van der Waals surface area contributed by atoms with Crippen LogP contribution in [0.3, 0.4) is 0 Å². The molecule has 0 radical (unpaired) electrons. The Kier molecular flexibility index (Phi) is 4.28. The topological polar surface area (TPSA) is 38.8 Å². The number of hydrogen-bond donors (Lipinski definition) is 0. The van der Waals surface area contributed by atoms with Crippen molar-refractivity contribution in [2.75, 3.05) is 13.1 Å². The maximum atomic E-state index is 12.2. The Balaban J connectivity index is 1.65. The Morgan fingerprint density at radius 2 is 1.57 bits per heavy atom. The average molecular weight is 315 g/mol. The lowest BCUT2D eigenvalue weighted by Gasteiger charge is -2.32. The Morgan fingerprint density at radius 1 is 1.04 bits per heavy atom. The molecule has 5 heteroatoms. The molecule has 0 aliphatic carbocycles. The molecule has 0 N–H and O–H groups in total. The average Bonchev–Trinajstić information content (AvgIpc) is 3.07. The van der Waals surface area contributed by atoms with E-state index in [0.717, 1.165) is 37.0 Å². The molecule has 0 saturated carbocycles. The molecule has 0 spiro atoms. The second-order valence-corrected chi connectivity index (χ2v) is 7.59. The second kappa shape index (κ2) is 5.95. The van der Waals surface area contributed by atoms with Crippen LogP contribution in [0.5, 0.6) is 0 Å². The van der Waals surface area contributed by atoms with Gasteiger partial charge in [0.1, 0.15) is 0 Å². The van der Waals surface area contributed by atoms with E-state index in [2.05, 4.69) is 27.7 Å². The van der Waals surface area contributed by atoms with Gasteiger partial charge in [-0.3, -0.25) is 4.79 Å². The molecule has 0 atom stereocenters. The summed E-state index contributed by atoms with van der Waals surface area (Å²) in [4.78, 5) is 14.2. The SMILES string of the molecule is CC1(C)OB(c2ccc(CC(=O)N3CCCC3)cc2)OC1(C)C. The summed E-state index contributed by atoms with van der Waals surface area (Å²) in [7, 11) is -0.344. The third kappa shape index (κ3) is 3.31. The smallest absolute Gasteiger partial charge is 0.399 e. The van der Waals surface area contributed by atoms with Crippen LogP contribution in [0.1, 0.15) is 46.1 Å². The van der Waals surface area contributed by atoms with Crippen molar-refractivity contribution >= 4 is 18.5 Å². The van der Waals surface area contributed by atoms with Gasteiger partial charge in [0.2, 0.25) is 5.91 Å². The number of likely N-dealkylation sites (tertiary alicyclic amines) is 1. The summed E-state index contributed by atoms with van der Waals surface area (Å²) in [5, 5.41) is 0. The van der Waals surface area contributed by atoms with Crippen molar-refractivity contribution in [3.63, 3.8) is 0 Å². The molecule has 0 unspecified atom stereocenters. The minimum absolute atomic E-state index is 0.228. The van der Waals surface area contributed by atoms with E-state index in [1.807, 2.05) is 29.2 Å². The molecule has 2 fully saturated rings. The summed E-state index contributed by atoms with van der Waals surface area (Å²) in [6.07, 6.45) is 2.74. The van der Waals surface area contributed by atoms with Gasteiger partial charge in [0.15, 0.2) is 0 Å². The number of benzene rings is 1. The van der Waals surface area contributed by atoms with Gasteiger partial charge in [-0.05, 0) is 51.6 Å². The summed E-state index contributed by atoms with van der Waals surface area (Å²) >= 11 is 0. The van der Waals surface area contributed by atoms with E-state index >= 15 is 0 Å². The highest BCUT2D eigenvalue weighted by molar-refractivity contribution is 6.62.